The van der Waals surface area contributed by atoms with E-state index in [0.29, 0.717) is 11.1 Å². The van der Waals surface area contributed by atoms with E-state index in [1.807, 2.05) is 18.2 Å². The molecule has 2 N–H and O–H groups in total. The minimum Gasteiger partial charge on any atom is -0.374 e. The predicted molar refractivity (Wildman–Crippen MR) is 172 cm³/mol. The summed E-state index contributed by atoms with van der Waals surface area (Å²) in [4.78, 5) is 12.1. The van der Waals surface area contributed by atoms with Crippen LogP contribution in [0.1, 0.15) is 22.1 Å². The molecule has 202 valence electrons. The van der Waals surface area contributed by atoms with Crippen molar-refractivity contribution >= 4 is 60.7 Å². The molecule has 8 rings (SSSR count). The largest absolute Gasteiger partial charge is 0.374 e. The van der Waals surface area contributed by atoms with E-state index in [-0.39, 0.29) is 0 Å². The molecule has 1 atom stereocenters. The number of hydrogen-bond donors (Lipinski definition) is 2. The molecule has 0 saturated carbocycles. The zero-order valence-electron chi connectivity index (χ0n) is 23.0. The van der Waals surface area contributed by atoms with Crippen LogP contribution >= 0.6 is 0 Å². The van der Waals surface area contributed by atoms with Crippen LogP contribution < -0.4 is 5.32 Å². The highest BCUT2D eigenvalue weighted by Gasteiger charge is 2.22. The summed E-state index contributed by atoms with van der Waals surface area (Å²) in [6, 6.07) is 42.1. The second-order valence-corrected chi connectivity index (χ2v) is 10.7. The zero-order valence-corrected chi connectivity index (χ0v) is 23.0. The number of nitrogens with one attached hydrogen (secondary N) is 1. The van der Waals surface area contributed by atoms with E-state index in [9.17, 15) is 9.90 Å². The molecule has 8 aromatic rings. The van der Waals surface area contributed by atoms with Crippen LogP contribution in [0.3, 0.4) is 0 Å². The molecule has 0 aliphatic heterocycles. The molecule has 0 fully saturated rings. The topological polar surface area (TPSA) is 59.2 Å². The van der Waals surface area contributed by atoms with E-state index >= 15 is 0 Å². The molecule has 42 heavy (non-hydrogen) atoms. The van der Waals surface area contributed by atoms with Crippen molar-refractivity contribution in [3.8, 4) is 11.4 Å². The average Bonchev–Trinajstić information content (AvgIpc) is 3.54. The third-order valence-corrected chi connectivity index (χ3v) is 8.49. The lowest BCUT2D eigenvalue weighted by Crippen LogP contribution is -2.19. The van der Waals surface area contributed by atoms with Crippen LogP contribution in [0.5, 0.6) is 0 Å². The van der Waals surface area contributed by atoms with Gasteiger partial charge in [-0.25, -0.2) is 0 Å². The monoisotopic (exact) mass is 545 g/mol. The Morgan fingerprint density at radius 1 is 0.619 bits per heavy atom. The van der Waals surface area contributed by atoms with E-state index in [4.69, 9.17) is 0 Å². The van der Waals surface area contributed by atoms with Crippen molar-refractivity contribution in [2.24, 2.45) is 0 Å². The Morgan fingerprint density at radius 2 is 1.24 bits per heavy atom. The van der Waals surface area contributed by atoms with Gasteiger partial charge in [-0.3, -0.25) is 10.1 Å². The van der Waals surface area contributed by atoms with E-state index in [0.717, 1.165) is 61.3 Å². The molecule has 0 aliphatic carbocycles. The predicted octanol–water partition coefficient (Wildman–Crippen LogP) is 8.06. The first kappa shape index (κ1) is 24.6. The molecule has 0 saturated heterocycles. The van der Waals surface area contributed by atoms with E-state index in [2.05, 4.69) is 112 Å². The van der Waals surface area contributed by atoms with Gasteiger partial charge in [0, 0.05) is 38.4 Å². The van der Waals surface area contributed by atoms with Crippen molar-refractivity contribution in [1.82, 2.24) is 14.5 Å². The number of fused-ring (bicyclic) bond motifs is 7. The van der Waals surface area contributed by atoms with Crippen molar-refractivity contribution in [1.29, 1.82) is 0 Å². The summed E-state index contributed by atoms with van der Waals surface area (Å²) in [6.07, 6.45) is -0.195. The van der Waals surface area contributed by atoms with Gasteiger partial charge in [-0.2, -0.15) is 0 Å². The van der Waals surface area contributed by atoms with Crippen molar-refractivity contribution < 1.29 is 9.90 Å². The molecule has 6 aromatic carbocycles. The number of carbonyl (C=O) groups excluding carboxylic acids is 1. The number of aliphatic hydroxyl groups is 1. The van der Waals surface area contributed by atoms with Gasteiger partial charge in [0.25, 0.3) is 0 Å². The smallest absolute Gasteiger partial charge is 0.150 e. The Balaban J connectivity index is 1.52. The molecule has 5 heteroatoms. The van der Waals surface area contributed by atoms with Crippen molar-refractivity contribution in [3.63, 3.8) is 0 Å². The summed E-state index contributed by atoms with van der Waals surface area (Å²) in [6.45, 7) is 0. The fourth-order valence-corrected chi connectivity index (χ4v) is 6.59. The minimum absolute atomic E-state index is 0.453. The Labute approximate surface area is 241 Å². The Morgan fingerprint density at radius 3 is 1.93 bits per heavy atom. The third kappa shape index (κ3) is 3.48. The first-order valence-electron chi connectivity index (χ1n) is 14.1. The van der Waals surface area contributed by atoms with Gasteiger partial charge < -0.3 is 14.2 Å². The summed E-state index contributed by atoms with van der Waals surface area (Å²) < 4.78 is 4.53. The fraction of sp³-hybridized carbons (Fsp3) is 0.0541. The number of aromatic nitrogens is 2. The van der Waals surface area contributed by atoms with E-state index < -0.39 is 6.23 Å². The zero-order chi connectivity index (χ0) is 28.4. The summed E-state index contributed by atoms with van der Waals surface area (Å²) in [7, 11) is 1.69. The maximum atomic E-state index is 12.1. The standard InChI is InChI=1S/C37H27N3O2/c1-38-37(42)36-25(22-41)11-8-16-33(36)40-32-15-7-5-13-28(32)30-20-34-29(21-35(30)40)27-12-4-6-14-31(27)39(34)26-18-17-23-9-2-3-10-24(23)19-26/h2-22,37-38,42H,1H3. The number of aldehydes is 1. The molecule has 2 heterocycles. The fourth-order valence-electron chi connectivity index (χ4n) is 6.59. The highest BCUT2D eigenvalue weighted by Crippen LogP contribution is 2.40. The molecule has 0 bridgehead atoms. The molecular formula is C37H27N3O2. The van der Waals surface area contributed by atoms with Gasteiger partial charge >= 0.3 is 0 Å². The van der Waals surface area contributed by atoms with Crippen LogP contribution in [-0.2, 0) is 0 Å². The molecule has 2 aromatic heterocycles. The van der Waals surface area contributed by atoms with Crippen molar-refractivity contribution in [2.75, 3.05) is 7.05 Å². The van der Waals surface area contributed by atoms with Gasteiger partial charge in [0.05, 0.1) is 27.8 Å². The third-order valence-electron chi connectivity index (χ3n) is 8.49. The summed E-state index contributed by atoms with van der Waals surface area (Å²) >= 11 is 0. The number of rotatable bonds is 5. The minimum atomic E-state index is -1.00. The quantitative estimate of drug-likeness (QED) is 0.170. The molecule has 0 amide bonds. The second kappa shape index (κ2) is 9.42. The Hall–Kier alpha value is -5.23. The molecular weight excluding hydrogens is 518 g/mol. The van der Waals surface area contributed by atoms with Crippen LogP contribution in [0.4, 0.5) is 0 Å². The molecule has 0 radical (unpaired) electrons. The van der Waals surface area contributed by atoms with Gasteiger partial charge in [-0.1, -0.05) is 78.9 Å². The van der Waals surface area contributed by atoms with Gasteiger partial charge in [0.1, 0.15) is 6.23 Å². The van der Waals surface area contributed by atoms with Gasteiger partial charge in [0.15, 0.2) is 6.29 Å². The number of hydrogen-bond acceptors (Lipinski definition) is 3. The molecule has 5 nitrogen and oxygen atoms in total. The van der Waals surface area contributed by atoms with Crippen molar-refractivity contribution in [3.05, 3.63) is 132 Å². The number of nitrogens with zero attached hydrogens (tertiary/aromatic N) is 2. The van der Waals surface area contributed by atoms with Crippen LogP contribution in [0.25, 0.3) is 65.8 Å². The Kier molecular flexibility index (Phi) is 5.51. The first-order valence-corrected chi connectivity index (χ1v) is 14.1. The SMILES string of the molecule is CNC(O)c1c(C=O)cccc1-n1c2ccccc2c2cc3c(cc21)c1ccccc1n3-c1ccc2ccccc2c1. The van der Waals surface area contributed by atoms with Gasteiger partial charge in [-0.05, 0) is 60.3 Å². The number of benzene rings is 6. The highest BCUT2D eigenvalue weighted by atomic mass is 16.3. The summed E-state index contributed by atoms with van der Waals surface area (Å²) in [5, 5.41) is 20.8. The lowest BCUT2D eigenvalue weighted by atomic mass is 10.0. The van der Waals surface area contributed by atoms with Crippen molar-refractivity contribution in [2.45, 2.75) is 6.23 Å². The van der Waals surface area contributed by atoms with Gasteiger partial charge in [-0.15, -0.1) is 0 Å². The second-order valence-electron chi connectivity index (χ2n) is 10.7. The lowest BCUT2D eigenvalue weighted by Gasteiger charge is -2.19. The van der Waals surface area contributed by atoms with E-state index in [1.165, 1.54) is 10.8 Å². The molecule has 1 unspecified atom stereocenters. The van der Waals surface area contributed by atoms with Crippen LogP contribution in [0, 0.1) is 0 Å². The molecule has 0 spiro atoms. The van der Waals surface area contributed by atoms with Gasteiger partial charge in [0.2, 0.25) is 0 Å². The van der Waals surface area contributed by atoms with Crippen LogP contribution in [0.2, 0.25) is 0 Å². The highest BCUT2D eigenvalue weighted by molar-refractivity contribution is 6.19. The summed E-state index contributed by atoms with van der Waals surface area (Å²) in [5.74, 6) is 0. The normalized spacial score (nSPS) is 12.6. The summed E-state index contributed by atoms with van der Waals surface area (Å²) in [5.41, 5.74) is 7.17. The number of aliphatic hydroxyl groups excluding tert-OH is 1. The maximum Gasteiger partial charge on any atom is 0.150 e. The number of carbonyl (C=O) groups is 1. The first-order chi connectivity index (χ1) is 20.7. The van der Waals surface area contributed by atoms with Crippen LogP contribution in [-0.4, -0.2) is 27.6 Å². The lowest BCUT2D eigenvalue weighted by molar-refractivity contribution is 0.110. The van der Waals surface area contributed by atoms with E-state index in [1.54, 1.807) is 13.1 Å². The maximum absolute atomic E-state index is 12.1. The average molecular weight is 546 g/mol. The number of para-hydroxylation sites is 2. The van der Waals surface area contributed by atoms with Crippen LogP contribution in [0.15, 0.2) is 121 Å². The molecule has 0 aliphatic rings. The Bertz CT molecular complexity index is 2340.